The first kappa shape index (κ1) is 14.4. The zero-order valence-electron chi connectivity index (χ0n) is 10.8. The Morgan fingerprint density at radius 2 is 2.17 bits per heavy atom. The summed E-state index contributed by atoms with van der Waals surface area (Å²) in [7, 11) is 3.01. The minimum atomic E-state index is -0.472. The first-order valence-electron chi connectivity index (χ1n) is 5.75. The van der Waals surface area contributed by atoms with Gasteiger partial charge in [-0.1, -0.05) is 6.92 Å². The molecule has 0 aliphatic rings. The summed E-state index contributed by atoms with van der Waals surface area (Å²) in [6.07, 6.45) is 0.733. The molecule has 0 heterocycles. The molecule has 4 nitrogen and oxygen atoms in total. The van der Waals surface area contributed by atoms with Crippen LogP contribution < -0.4 is 10.1 Å². The van der Waals surface area contributed by atoms with E-state index in [1.807, 2.05) is 6.92 Å². The molecule has 1 amide bonds. The van der Waals surface area contributed by atoms with Crippen LogP contribution in [0.1, 0.15) is 23.7 Å². The second-order valence-corrected chi connectivity index (χ2v) is 3.88. The van der Waals surface area contributed by atoms with E-state index >= 15 is 0 Å². The zero-order chi connectivity index (χ0) is 13.5. The Kier molecular flexibility index (Phi) is 5.58. The van der Waals surface area contributed by atoms with E-state index in [2.05, 4.69) is 5.32 Å². The molecule has 1 rings (SSSR count). The van der Waals surface area contributed by atoms with E-state index < -0.39 is 5.82 Å². The molecular formula is C13H18FNO3. The second kappa shape index (κ2) is 6.96. The lowest BCUT2D eigenvalue weighted by molar-refractivity contribution is 0.0891. The third-order valence-corrected chi connectivity index (χ3v) is 2.60. The lowest BCUT2D eigenvalue weighted by Crippen LogP contribution is -2.37. The zero-order valence-corrected chi connectivity index (χ0v) is 10.8. The number of carbonyl (C=O) groups is 1. The maximum atomic E-state index is 13.2. The van der Waals surface area contributed by atoms with Crippen LogP contribution in [0.2, 0.25) is 0 Å². The van der Waals surface area contributed by atoms with Gasteiger partial charge in [-0.2, -0.15) is 0 Å². The predicted molar refractivity (Wildman–Crippen MR) is 66.4 cm³/mol. The predicted octanol–water partition coefficient (Wildman–Crippen LogP) is 1.99. The molecule has 0 aliphatic heterocycles. The van der Waals surface area contributed by atoms with E-state index in [1.165, 1.54) is 19.2 Å². The quantitative estimate of drug-likeness (QED) is 0.845. The summed E-state index contributed by atoms with van der Waals surface area (Å²) < 4.78 is 23.2. The van der Waals surface area contributed by atoms with Gasteiger partial charge in [0.15, 0.2) is 0 Å². The van der Waals surface area contributed by atoms with Gasteiger partial charge in [-0.15, -0.1) is 0 Å². The highest BCUT2D eigenvalue weighted by Gasteiger charge is 2.16. The molecule has 0 spiro atoms. The second-order valence-electron chi connectivity index (χ2n) is 3.88. The molecule has 100 valence electrons. The Bertz CT molecular complexity index is 409. The number of hydrogen-bond donors (Lipinski definition) is 1. The molecule has 1 unspecified atom stereocenters. The Morgan fingerprint density at radius 1 is 1.44 bits per heavy atom. The fourth-order valence-corrected chi connectivity index (χ4v) is 1.58. The van der Waals surface area contributed by atoms with Crippen LogP contribution in [-0.2, 0) is 4.74 Å². The van der Waals surface area contributed by atoms with Crippen molar-refractivity contribution in [3.05, 3.63) is 29.6 Å². The largest absolute Gasteiger partial charge is 0.496 e. The van der Waals surface area contributed by atoms with E-state index in [0.717, 1.165) is 12.5 Å². The summed E-state index contributed by atoms with van der Waals surface area (Å²) in [5, 5.41) is 2.78. The van der Waals surface area contributed by atoms with Crippen molar-refractivity contribution in [3.63, 3.8) is 0 Å². The molecule has 1 N–H and O–H groups in total. The van der Waals surface area contributed by atoms with Crippen molar-refractivity contribution in [2.45, 2.75) is 19.4 Å². The van der Waals surface area contributed by atoms with Crippen LogP contribution in [0.3, 0.4) is 0 Å². The fraction of sp³-hybridized carbons (Fsp3) is 0.462. The maximum Gasteiger partial charge on any atom is 0.255 e. The monoisotopic (exact) mass is 255 g/mol. The lowest BCUT2D eigenvalue weighted by Gasteiger charge is -2.17. The highest BCUT2D eigenvalue weighted by atomic mass is 19.1. The van der Waals surface area contributed by atoms with Crippen molar-refractivity contribution in [1.82, 2.24) is 5.32 Å². The van der Waals surface area contributed by atoms with Gasteiger partial charge in [0.25, 0.3) is 5.91 Å². The number of benzene rings is 1. The average molecular weight is 255 g/mol. The van der Waals surface area contributed by atoms with Crippen LogP contribution in [-0.4, -0.2) is 32.8 Å². The first-order valence-corrected chi connectivity index (χ1v) is 5.75. The molecular weight excluding hydrogens is 237 g/mol. The Labute approximate surface area is 106 Å². The van der Waals surface area contributed by atoms with Crippen LogP contribution in [0.15, 0.2) is 18.2 Å². The van der Waals surface area contributed by atoms with Gasteiger partial charge in [-0.3, -0.25) is 4.79 Å². The summed E-state index contributed by atoms with van der Waals surface area (Å²) in [6.45, 7) is 2.35. The van der Waals surface area contributed by atoms with E-state index in [-0.39, 0.29) is 17.5 Å². The molecule has 0 fully saturated rings. The summed E-state index contributed by atoms with van der Waals surface area (Å²) >= 11 is 0. The number of hydrogen-bond acceptors (Lipinski definition) is 3. The average Bonchev–Trinajstić information content (AvgIpc) is 2.38. The standard InChI is InChI=1S/C13H18FNO3/c1-4-10(8-17-2)15-13(16)11-7-9(14)5-6-12(11)18-3/h5-7,10H,4,8H2,1-3H3,(H,15,16). The molecule has 1 aromatic rings. The van der Waals surface area contributed by atoms with E-state index in [9.17, 15) is 9.18 Å². The van der Waals surface area contributed by atoms with Gasteiger partial charge in [0.1, 0.15) is 11.6 Å². The maximum absolute atomic E-state index is 13.2. The molecule has 0 bridgehead atoms. The van der Waals surface area contributed by atoms with Crippen LogP contribution in [0.5, 0.6) is 5.75 Å². The van der Waals surface area contributed by atoms with Gasteiger partial charge in [-0.25, -0.2) is 4.39 Å². The summed E-state index contributed by atoms with van der Waals surface area (Å²) in [5.41, 5.74) is 0.187. The fourth-order valence-electron chi connectivity index (χ4n) is 1.58. The third kappa shape index (κ3) is 3.70. The van der Waals surface area contributed by atoms with Crippen molar-refractivity contribution >= 4 is 5.91 Å². The van der Waals surface area contributed by atoms with Gasteiger partial charge in [0, 0.05) is 7.11 Å². The smallest absolute Gasteiger partial charge is 0.255 e. The van der Waals surface area contributed by atoms with Gasteiger partial charge in [-0.05, 0) is 24.6 Å². The molecule has 0 saturated carbocycles. The van der Waals surface area contributed by atoms with Crippen molar-refractivity contribution in [2.24, 2.45) is 0 Å². The van der Waals surface area contributed by atoms with E-state index in [0.29, 0.717) is 12.4 Å². The van der Waals surface area contributed by atoms with Crippen molar-refractivity contribution in [3.8, 4) is 5.75 Å². The molecule has 0 radical (unpaired) electrons. The van der Waals surface area contributed by atoms with Crippen molar-refractivity contribution < 1.29 is 18.7 Å². The number of amides is 1. The topological polar surface area (TPSA) is 47.6 Å². The molecule has 0 aromatic heterocycles. The third-order valence-electron chi connectivity index (χ3n) is 2.60. The van der Waals surface area contributed by atoms with Gasteiger partial charge < -0.3 is 14.8 Å². The molecule has 1 aromatic carbocycles. The highest BCUT2D eigenvalue weighted by molar-refractivity contribution is 5.97. The van der Waals surface area contributed by atoms with Crippen LogP contribution in [0.4, 0.5) is 4.39 Å². The number of ether oxygens (including phenoxy) is 2. The molecule has 18 heavy (non-hydrogen) atoms. The van der Waals surface area contributed by atoms with E-state index in [1.54, 1.807) is 7.11 Å². The minimum absolute atomic E-state index is 0.101. The SMILES string of the molecule is CCC(COC)NC(=O)c1cc(F)ccc1OC. The summed E-state index contributed by atoms with van der Waals surface area (Å²) in [4.78, 5) is 12.0. The molecule has 5 heteroatoms. The minimum Gasteiger partial charge on any atom is -0.496 e. The first-order chi connectivity index (χ1) is 8.62. The number of halogens is 1. The van der Waals surface area contributed by atoms with Crippen molar-refractivity contribution in [1.29, 1.82) is 0 Å². The van der Waals surface area contributed by atoms with Gasteiger partial charge >= 0.3 is 0 Å². The summed E-state index contributed by atoms with van der Waals surface area (Å²) in [5.74, 6) is -0.489. The molecule has 0 aliphatic carbocycles. The summed E-state index contributed by atoms with van der Waals surface area (Å²) in [6, 6.07) is 3.74. The van der Waals surface area contributed by atoms with Crippen LogP contribution in [0.25, 0.3) is 0 Å². The number of carbonyl (C=O) groups excluding carboxylic acids is 1. The number of methoxy groups -OCH3 is 2. The lowest BCUT2D eigenvalue weighted by atomic mass is 10.1. The van der Waals surface area contributed by atoms with Crippen molar-refractivity contribution in [2.75, 3.05) is 20.8 Å². The van der Waals surface area contributed by atoms with Crippen LogP contribution in [0, 0.1) is 5.82 Å². The Balaban J connectivity index is 2.85. The van der Waals surface area contributed by atoms with E-state index in [4.69, 9.17) is 9.47 Å². The Hall–Kier alpha value is -1.62. The molecule has 1 atom stereocenters. The molecule has 0 saturated heterocycles. The number of nitrogens with one attached hydrogen (secondary N) is 1. The van der Waals surface area contributed by atoms with Gasteiger partial charge in [0.05, 0.1) is 25.3 Å². The number of rotatable bonds is 6. The Morgan fingerprint density at radius 3 is 2.72 bits per heavy atom. The normalized spacial score (nSPS) is 12.0. The highest BCUT2D eigenvalue weighted by Crippen LogP contribution is 2.19. The van der Waals surface area contributed by atoms with Gasteiger partial charge in [0.2, 0.25) is 0 Å². The van der Waals surface area contributed by atoms with Crippen LogP contribution >= 0.6 is 0 Å².